The van der Waals surface area contributed by atoms with E-state index in [1.807, 2.05) is 0 Å². The molecule has 2 aromatic rings. The minimum Gasteiger partial charge on any atom is -0.362 e. The molecule has 0 amide bonds. The molecular formula is C7H9N5O. The molecule has 0 aromatic carbocycles. The first-order valence-corrected chi connectivity index (χ1v) is 3.79. The fraction of sp³-hybridized carbons (Fsp3) is 0.143. The summed E-state index contributed by atoms with van der Waals surface area (Å²) in [7, 11) is 0. The molecule has 0 unspecified atom stereocenters. The van der Waals surface area contributed by atoms with Gasteiger partial charge in [-0.2, -0.15) is 5.10 Å². The summed E-state index contributed by atoms with van der Waals surface area (Å²) in [6.45, 7) is 0.393. The monoisotopic (exact) mass is 179 g/mol. The van der Waals surface area contributed by atoms with E-state index in [4.69, 9.17) is 10.3 Å². The van der Waals surface area contributed by atoms with E-state index in [-0.39, 0.29) is 0 Å². The van der Waals surface area contributed by atoms with Crippen LogP contribution in [0.15, 0.2) is 23.2 Å². The summed E-state index contributed by atoms with van der Waals surface area (Å²) in [5.41, 5.74) is 7.12. The predicted molar refractivity (Wildman–Crippen MR) is 46.3 cm³/mol. The maximum Gasteiger partial charge on any atom is 0.178 e. The van der Waals surface area contributed by atoms with Crippen LogP contribution in [0, 0.1) is 0 Å². The average Bonchev–Trinajstić information content (AvgIpc) is 2.76. The lowest BCUT2D eigenvalue weighted by atomic mass is 10.3. The average molecular weight is 179 g/mol. The molecule has 0 radical (unpaired) electrons. The zero-order valence-corrected chi connectivity index (χ0v) is 6.82. The molecule has 2 aromatic heterocycles. The standard InChI is InChI=1S/C7H9N5O/c8-1-5-4-13-12-7(5)11-6-2-9-10-3-6/h2-4H,1,8H2,(H,9,10)(H,11,12). The summed E-state index contributed by atoms with van der Waals surface area (Å²) in [5.74, 6) is 0.629. The first-order valence-electron chi connectivity index (χ1n) is 3.79. The second-order valence-electron chi connectivity index (χ2n) is 2.50. The highest BCUT2D eigenvalue weighted by Gasteiger charge is 2.05. The lowest BCUT2D eigenvalue weighted by Crippen LogP contribution is -1.99. The Bertz CT molecular complexity index is 366. The number of hydrogen-bond acceptors (Lipinski definition) is 5. The Hall–Kier alpha value is -1.82. The second-order valence-corrected chi connectivity index (χ2v) is 2.50. The van der Waals surface area contributed by atoms with Crippen LogP contribution >= 0.6 is 0 Å². The van der Waals surface area contributed by atoms with Gasteiger partial charge in [0.2, 0.25) is 0 Å². The number of aromatic amines is 1. The third kappa shape index (κ3) is 1.52. The smallest absolute Gasteiger partial charge is 0.178 e. The van der Waals surface area contributed by atoms with E-state index in [1.54, 1.807) is 12.4 Å². The summed E-state index contributed by atoms with van der Waals surface area (Å²) in [4.78, 5) is 0. The van der Waals surface area contributed by atoms with Crippen molar-refractivity contribution in [1.82, 2.24) is 15.4 Å². The Morgan fingerprint density at radius 1 is 1.62 bits per heavy atom. The minimum atomic E-state index is 0.393. The second kappa shape index (κ2) is 3.28. The topological polar surface area (TPSA) is 92.8 Å². The molecule has 0 spiro atoms. The van der Waals surface area contributed by atoms with Crippen LogP contribution in [0.5, 0.6) is 0 Å². The van der Waals surface area contributed by atoms with Gasteiger partial charge < -0.3 is 15.6 Å². The Labute approximate surface area is 74.1 Å². The van der Waals surface area contributed by atoms with E-state index in [9.17, 15) is 0 Å². The summed E-state index contributed by atoms with van der Waals surface area (Å²) in [6.07, 6.45) is 4.88. The number of nitrogens with one attached hydrogen (secondary N) is 2. The van der Waals surface area contributed by atoms with Gasteiger partial charge in [-0.3, -0.25) is 5.10 Å². The highest BCUT2D eigenvalue weighted by Crippen LogP contribution is 2.16. The highest BCUT2D eigenvalue weighted by atomic mass is 16.5. The van der Waals surface area contributed by atoms with E-state index in [1.165, 1.54) is 6.26 Å². The fourth-order valence-corrected chi connectivity index (χ4v) is 0.961. The molecule has 0 bridgehead atoms. The van der Waals surface area contributed by atoms with Gasteiger partial charge in [0.1, 0.15) is 6.26 Å². The van der Waals surface area contributed by atoms with E-state index < -0.39 is 0 Å². The summed E-state index contributed by atoms with van der Waals surface area (Å²) >= 11 is 0. The molecule has 6 nitrogen and oxygen atoms in total. The third-order valence-electron chi connectivity index (χ3n) is 1.62. The highest BCUT2D eigenvalue weighted by molar-refractivity contribution is 5.56. The van der Waals surface area contributed by atoms with E-state index in [2.05, 4.69) is 20.7 Å². The molecule has 4 N–H and O–H groups in total. The molecule has 6 heteroatoms. The van der Waals surface area contributed by atoms with Gasteiger partial charge in [-0.05, 0) is 0 Å². The molecule has 13 heavy (non-hydrogen) atoms. The quantitative estimate of drug-likeness (QED) is 0.641. The van der Waals surface area contributed by atoms with Crippen LogP contribution in [0.4, 0.5) is 11.5 Å². The van der Waals surface area contributed by atoms with Gasteiger partial charge in [0.05, 0.1) is 11.9 Å². The van der Waals surface area contributed by atoms with Crippen molar-refractivity contribution in [1.29, 1.82) is 0 Å². The van der Waals surface area contributed by atoms with Crippen LogP contribution in [0.1, 0.15) is 5.56 Å². The molecule has 0 atom stereocenters. The molecule has 2 rings (SSSR count). The first kappa shape index (κ1) is 7.81. The van der Waals surface area contributed by atoms with Gasteiger partial charge in [0, 0.05) is 18.3 Å². The van der Waals surface area contributed by atoms with E-state index >= 15 is 0 Å². The number of nitrogens with two attached hydrogens (primary N) is 1. The zero-order valence-electron chi connectivity index (χ0n) is 6.82. The molecule has 0 fully saturated rings. The van der Waals surface area contributed by atoms with E-state index in [0.29, 0.717) is 12.4 Å². The molecular weight excluding hydrogens is 170 g/mol. The van der Waals surface area contributed by atoms with Gasteiger partial charge in [-0.25, -0.2) is 0 Å². The van der Waals surface area contributed by atoms with Crippen molar-refractivity contribution >= 4 is 11.5 Å². The number of nitrogens with zero attached hydrogens (tertiary/aromatic N) is 2. The summed E-state index contributed by atoms with van der Waals surface area (Å²) < 4.78 is 4.76. The number of aromatic nitrogens is 3. The van der Waals surface area contributed by atoms with Crippen molar-refractivity contribution in [2.75, 3.05) is 5.32 Å². The third-order valence-corrected chi connectivity index (χ3v) is 1.62. The van der Waals surface area contributed by atoms with Crippen LogP contribution in [-0.4, -0.2) is 15.4 Å². The maximum absolute atomic E-state index is 5.46. The maximum atomic E-state index is 5.46. The zero-order chi connectivity index (χ0) is 9.10. The number of anilines is 2. The van der Waals surface area contributed by atoms with Gasteiger partial charge in [-0.1, -0.05) is 5.16 Å². The van der Waals surface area contributed by atoms with Crippen molar-refractivity contribution in [2.24, 2.45) is 5.73 Å². The van der Waals surface area contributed by atoms with Crippen LogP contribution < -0.4 is 11.1 Å². The van der Waals surface area contributed by atoms with Gasteiger partial charge in [0.25, 0.3) is 0 Å². The van der Waals surface area contributed by atoms with Crippen molar-refractivity contribution in [3.8, 4) is 0 Å². The Morgan fingerprint density at radius 2 is 2.54 bits per heavy atom. The van der Waals surface area contributed by atoms with Crippen molar-refractivity contribution in [3.63, 3.8) is 0 Å². The van der Waals surface area contributed by atoms with Crippen molar-refractivity contribution in [3.05, 3.63) is 24.2 Å². The van der Waals surface area contributed by atoms with Gasteiger partial charge in [0.15, 0.2) is 5.82 Å². The predicted octanol–water partition coefficient (Wildman–Crippen LogP) is 0.600. The van der Waals surface area contributed by atoms with Crippen LogP contribution in [0.3, 0.4) is 0 Å². The molecule has 2 heterocycles. The first-order chi connectivity index (χ1) is 6.40. The van der Waals surface area contributed by atoms with E-state index in [0.717, 1.165) is 11.3 Å². The summed E-state index contributed by atoms with van der Waals surface area (Å²) in [5, 5.41) is 13.2. The number of hydrogen-bond donors (Lipinski definition) is 3. The van der Waals surface area contributed by atoms with Crippen LogP contribution in [-0.2, 0) is 6.54 Å². The largest absolute Gasteiger partial charge is 0.362 e. The molecule has 0 aliphatic rings. The summed E-state index contributed by atoms with van der Waals surface area (Å²) in [6, 6.07) is 0. The normalized spacial score (nSPS) is 10.2. The Balaban J connectivity index is 2.18. The van der Waals surface area contributed by atoms with Crippen LogP contribution in [0.25, 0.3) is 0 Å². The number of rotatable bonds is 3. The van der Waals surface area contributed by atoms with Crippen molar-refractivity contribution in [2.45, 2.75) is 6.54 Å². The fourth-order valence-electron chi connectivity index (χ4n) is 0.961. The van der Waals surface area contributed by atoms with Crippen LogP contribution in [0.2, 0.25) is 0 Å². The minimum absolute atomic E-state index is 0.393. The SMILES string of the molecule is NCc1conc1Nc1cn[nH]c1. The van der Waals surface area contributed by atoms with Crippen molar-refractivity contribution < 1.29 is 4.52 Å². The van der Waals surface area contributed by atoms with Gasteiger partial charge in [-0.15, -0.1) is 0 Å². The Kier molecular flexibility index (Phi) is 1.97. The lowest BCUT2D eigenvalue weighted by Gasteiger charge is -1.98. The molecule has 0 saturated heterocycles. The molecule has 68 valence electrons. The lowest BCUT2D eigenvalue weighted by molar-refractivity contribution is 0.422. The molecule has 0 saturated carbocycles. The van der Waals surface area contributed by atoms with Gasteiger partial charge >= 0.3 is 0 Å². The Morgan fingerprint density at radius 3 is 3.23 bits per heavy atom. The molecule has 0 aliphatic heterocycles. The molecule has 0 aliphatic carbocycles. The number of H-pyrrole nitrogens is 1.